The highest BCUT2D eigenvalue weighted by Crippen LogP contribution is 2.18. The van der Waals surface area contributed by atoms with Crippen molar-refractivity contribution in [2.45, 2.75) is 6.42 Å². The Labute approximate surface area is 143 Å². The summed E-state index contributed by atoms with van der Waals surface area (Å²) in [5.74, 6) is 1.22. The monoisotopic (exact) mass is 340 g/mol. The lowest BCUT2D eigenvalue weighted by Crippen LogP contribution is -2.25. The molecule has 1 aromatic heterocycles. The first-order valence-corrected chi connectivity index (χ1v) is 7.62. The number of aromatic amines is 1. The Hall–Kier alpha value is -3.42. The first kappa shape index (κ1) is 16.4. The Morgan fingerprint density at radius 2 is 2.04 bits per heavy atom. The van der Waals surface area contributed by atoms with E-state index in [4.69, 9.17) is 4.74 Å². The molecule has 8 nitrogen and oxygen atoms in total. The largest absolute Gasteiger partial charge is 0.497 e. The van der Waals surface area contributed by atoms with Crippen molar-refractivity contribution in [1.82, 2.24) is 15.3 Å². The average molecular weight is 340 g/mol. The van der Waals surface area contributed by atoms with E-state index in [9.17, 15) is 14.9 Å². The van der Waals surface area contributed by atoms with E-state index in [1.54, 1.807) is 7.11 Å². The summed E-state index contributed by atoms with van der Waals surface area (Å²) in [5, 5.41) is 13.4. The Bertz CT molecular complexity index is 918. The van der Waals surface area contributed by atoms with Gasteiger partial charge in [0, 0.05) is 36.7 Å². The van der Waals surface area contributed by atoms with Crippen molar-refractivity contribution in [1.29, 1.82) is 0 Å². The fourth-order valence-corrected chi connectivity index (χ4v) is 2.42. The quantitative estimate of drug-likeness (QED) is 0.529. The molecule has 2 N–H and O–H groups in total. The molecule has 0 radical (unpaired) electrons. The first-order chi connectivity index (χ1) is 12.1. The van der Waals surface area contributed by atoms with E-state index in [0.29, 0.717) is 18.5 Å². The van der Waals surface area contributed by atoms with Crippen LogP contribution in [0, 0.1) is 10.1 Å². The number of methoxy groups -OCH3 is 1. The molecule has 3 aromatic rings. The predicted molar refractivity (Wildman–Crippen MR) is 91.8 cm³/mol. The number of fused-ring (bicyclic) bond motifs is 1. The van der Waals surface area contributed by atoms with Crippen LogP contribution in [0.25, 0.3) is 11.0 Å². The molecule has 0 bridgehead atoms. The fourth-order valence-electron chi connectivity index (χ4n) is 2.42. The van der Waals surface area contributed by atoms with Crippen molar-refractivity contribution in [2.24, 2.45) is 0 Å². The lowest BCUT2D eigenvalue weighted by Gasteiger charge is -2.03. The number of nitro benzene ring substituents is 1. The number of rotatable bonds is 6. The van der Waals surface area contributed by atoms with Gasteiger partial charge in [-0.25, -0.2) is 4.98 Å². The van der Waals surface area contributed by atoms with Gasteiger partial charge < -0.3 is 15.0 Å². The average Bonchev–Trinajstić information content (AvgIpc) is 3.03. The third-order valence-electron chi connectivity index (χ3n) is 3.73. The molecule has 1 heterocycles. The second-order valence-electron chi connectivity index (χ2n) is 5.38. The number of nitro groups is 1. The minimum Gasteiger partial charge on any atom is -0.497 e. The third kappa shape index (κ3) is 3.74. The van der Waals surface area contributed by atoms with Gasteiger partial charge >= 0.3 is 0 Å². The van der Waals surface area contributed by atoms with Crippen LogP contribution in [0.5, 0.6) is 5.75 Å². The number of carbonyl (C=O) groups is 1. The van der Waals surface area contributed by atoms with Crippen LogP contribution in [0.4, 0.5) is 5.69 Å². The number of non-ortho nitro benzene ring substituents is 1. The lowest BCUT2D eigenvalue weighted by atomic mass is 10.2. The van der Waals surface area contributed by atoms with Gasteiger partial charge in [0.25, 0.3) is 11.6 Å². The summed E-state index contributed by atoms with van der Waals surface area (Å²) in [6.45, 7) is 0.396. The summed E-state index contributed by atoms with van der Waals surface area (Å²) in [7, 11) is 1.60. The van der Waals surface area contributed by atoms with Crippen LogP contribution in [0.1, 0.15) is 16.2 Å². The van der Waals surface area contributed by atoms with Gasteiger partial charge in [-0.05, 0) is 24.3 Å². The highest BCUT2D eigenvalue weighted by atomic mass is 16.6. The molecule has 0 atom stereocenters. The van der Waals surface area contributed by atoms with Gasteiger partial charge in [0.05, 0.1) is 23.1 Å². The zero-order valence-electron chi connectivity index (χ0n) is 13.5. The Morgan fingerprint density at radius 3 is 2.72 bits per heavy atom. The first-order valence-electron chi connectivity index (χ1n) is 7.62. The number of ether oxygens (including phenoxy) is 1. The smallest absolute Gasteiger partial charge is 0.269 e. The lowest BCUT2D eigenvalue weighted by molar-refractivity contribution is -0.384. The molecular formula is C17H16N4O4. The van der Waals surface area contributed by atoms with Crippen LogP contribution in [0.2, 0.25) is 0 Å². The number of aromatic nitrogens is 2. The van der Waals surface area contributed by atoms with Crippen molar-refractivity contribution >= 4 is 22.6 Å². The topological polar surface area (TPSA) is 110 Å². The predicted octanol–water partition coefficient (Wildman–Crippen LogP) is 2.45. The van der Waals surface area contributed by atoms with E-state index in [1.165, 1.54) is 24.3 Å². The standard InChI is InChI=1S/C17H16N4O4/c1-25-13-6-7-14-15(10-13)20-16(19-14)8-9-18-17(22)11-2-4-12(5-3-11)21(23)24/h2-7,10H,8-9H2,1H3,(H,18,22)(H,19,20). The second kappa shape index (κ2) is 7.00. The van der Waals surface area contributed by atoms with E-state index in [0.717, 1.165) is 22.6 Å². The van der Waals surface area contributed by atoms with Crippen molar-refractivity contribution in [3.05, 3.63) is 64.0 Å². The summed E-state index contributed by atoms with van der Waals surface area (Å²) >= 11 is 0. The number of nitrogens with zero attached hydrogens (tertiary/aromatic N) is 2. The molecule has 0 spiro atoms. The number of carbonyl (C=O) groups excluding carboxylic acids is 1. The number of imidazole rings is 1. The van der Waals surface area contributed by atoms with Crippen molar-refractivity contribution < 1.29 is 14.5 Å². The molecule has 2 aromatic carbocycles. The molecule has 0 aliphatic rings. The molecule has 0 saturated heterocycles. The minimum absolute atomic E-state index is 0.0470. The molecule has 25 heavy (non-hydrogen) atoms. The van der Waals surface area contributed by atoms with Gasteiger partial charge in [-0.2, -0.15) is 0 Å². The van der Waals surface area contributed by atoms with E-state index < -0.39 is 4.92 Å². The van der Waals surface area contributed by atoms with Crippen molar-refractivity contribution in [3.8, 4) is 5.75 Å². The fraction of sp³-hybridized carbons (Fsp3) is 0.176. The maximum Gasteiger partial charge on any atom is 0.269 e. The maximum atomic E-state index is 12.0. The second-order valence-corrected chi connectivity index (χ2v) is 5.38. The molecule has 0 aliphatic heterocycles. The van der Waals surface area contributed by atoms with Gasteiger partial charge in [0.1, 0.15) is 11.6 Å². The minimum atomic E-state index is -0.502. The Kier molecular flexibility index (Phi) is 4.60. The molecule has 0 fully saturated rings. The van der Waals surface area contributed by atoms with Crippen LogP contribution < -0.4 is 10.1 Å². The van der Waals surface area contributed by atoms with Crippen LogP contribution in [-0.2, 0) is 6.42 Å². The van der Waals surface area contributed by atoms with Gasteiger partial charge in [-0.1, -0.05) is 0 Å². The Morgan fingerprint density at radius 1 is 1.28 bits per heavy atom. The Balaban J connectivity index is 1.58. The van der Waals surface area contributed by atoms with Crippen LogP contribution >= 0.6 is 0 Å². The normalized spacial score (nSPS) is 10.6. The summed E-state index contributed by atoms with van der Waals surface area (Å²) in [6.07, 6.45) is 0.537. The van der Waals surface area contributed by atoms with Gasteiger partial charge in [-0.3, -0.25) is 14.9 Å². The number of hydrogen-bond acceptors (Lipinski definition) is 5. The number of nitrogens with one attached hydrogen (secondary N) is 2. The highest BCUT2D eigenvalue weighted by Gasteiger charge is 2.10. The summed E-state index contributed by atoms with van der Waals surface area (Å²) in [5.41, 5.74) is 2.03. The van der Waals surface area contributed by atoms with Crippen LogP contribution in [0.3, 0.4) is 0 Å². The zero-order chi connectivity index (χ0) is 17.8. The van der Waals surface area contributed by atoms with E-state index in [2.05, 4.69) is 15.3 Å². The molecule has 0 aliphatic carbocycles. The molecule has 1 amide bonds. The molecule has 3 rings (SSSR count). The summed E-state index contributed by atoms with van der Waals surface area (Å²) < 4.78 is 5.17. The number of amides is 1. The van der Waals surface area contributed by atoms with Gasteiger partial charge in [-0.15, -0.1) is 0 Å². The van der Waals surface area contributed by atoms with Gasteiger partial charge in [0.2, 0.25) is 0 Å². The molecular weight excluding hydrogens is 324 g/mol. The highest BCUT2D eigenvalue weighted by molar-refractivity contribution is 5.94. The van der Waals surface area contributed by atoms with E-state index in [1.807, 2.05) is 18.2 Å². The SMILES string of the molecule is COc1ccc2nc(CCNC(=O)c3ccc([N+](=O)[O-])cc3)[nH]c2c1. The van der Waals surface area contributed by atoms with Crippen LogP contribution in [0.15, 0.2) is 42.5 Å². The van der Waals surface area contributed by atoms with E-state index >= 15 is 0 Å². The maximum absolute atomic E-state index is 12.0. The van der Waals surface area contributed by atoms with Crippen molar-refractivity contribution in [3.63, 3.8) is 0 Å². The molecule has 8 heteroatoms. The van der Waals surface area contributed by atoms with E-state index in [-0.39, 0.29) is 11.6 Å². The number of benzene rings is 2. The van der Waals surface area contributed by atoms with Gasteiger partial charge in [0.15, 0.2) is 0 Å². The summed E-state index contributed by atoms with van der Waals surface area (Å²) in [4.78, 5) is 29.8. The number of H-pyrrole nitrogens is 1. The molecule has 0 unspecified atom stereocenters. The third-order valence-corrected chi connectivity index (χ3v) is 3.73. The van der Waals surface area contributed by atoms with Crippen LogP contribution in [-0.4, -0.2) is 34.5 Å². The number of hydrogen-bond donors (Lipinski definition) is 2. The van der Waals surface area contributed by atoms with Crippen molar-refractivity contribution in [2.75, 3.05) is 13.7 Å². The molecule has 0 saturated carbocycles. The molecule has 128 valence electrons. The zero-order valence-corrected chi connectivity index (χ0v) is 13.5. The summed E-state index contributed by atoms with van der Waals surface area (Å²) in [6, 6.07) is 11.0.